The molecule has 20 heavy (non-hydrogen) atoms. The molecule has 1 N–H and O–H groups in total. The van der Waals surface area contributed by atoms with E-state index < -0.39 is 6.10 Å². The number of hydrogen-bond donors (Lipinski definition) is 1. The number of rotatable bonds is 7. The van der Waals surface area contributed by atoms with E-state index in [0.29, 0.717) is 13.1 Å². The van der Waals surface area contributed by atoms with Crippen LogP contribution in [0.3, 0.4) is 0 Å². The predicted molar refractivity (Wildman–Crippen MR) is 81.9 cm³/mol. The van der Waals surface area contributed by atoms with E-state index in [1.165, 1.54) is 0 Å². The molecule has 0 spiro atoms. The van der Waals surface area contributed by atoms with E-state index in [1.807, 2.05) is 52.1 Å². The van der Waals surface area contributed by atoms with E-state index in [-0.39, 0.29) is 11.9 Å². The molecule has 0 aliphatic carbocycles. The zero-order valence-electron chi connectivity index (χ0n) is 13.1. The number of amides is 1. The van der Waals surface area contributed by atoms with Crippen LogP contribution in [0, 0.1) is 0 Å². The number of carbonyl (C=O) groups excluding carboxylic acids is 1. The molecule has 0 aromatic heterocycles. The van der Waals surface area contributed by atoms with E-state index in [0.717, 1.165) is 11.3 Å². The Labute approximate surface area is 122 Å². The lowest BCUT2D eigenvalue weighted by Crippen LogP contribution is -2.40. The minimum Gasteiger partial charge on any atom is -0.481 e. The first-order valence-corrected chi connectivity index (χ1v) is 7.26. The standard InChI is InChI=1S/C16H26N2O2/c1-6-18(7-2)16(19)13(4)20-15-11-9-8-10-14(15)12(3)17-5/h8-13,17H,6-7H2,1-5H3. The first kappa shape index (κ1) is 16.5. The number of likely N-dealkylation sites (N-methyl/N-ethyl adjacent to an activating group) is 1. The van der Waals surface area contributed by atoms with E-state index in [1.54, 1.807) is 4.90 Å². The highest BCUT2D eigenvalue weighted by Crippen LogP contribution is 2.25. The molecule has 0 aliphatic heterocycles. The molecule has 0 fully saturated rings. The molecule has 1 rings (SSSR count). The Morgan fingerprint density at radius 3 is 2.40 bits per heavy atom. The number of hydrogen-bond acceptors (Lipinski definition) is 3. The molecule has 0 heterocycles. The molecular formula is C16H26N2O2. The van der Waals surface area contributed by atoms with Crippen LogP contribution in [0.25, 0.3) is 0 Å². The molecule has 0 saturated carbocycles. The number of para-hydroxylation sites is 1. The van der Waals surface area contributed by atoms with Gasteiger partial charge >= 0.3 is 0 Å². The van der Waals surface area contributed by atoms with Crippen LogP contribution in [-0.2, 0) is 4.79 Å². The van der Waals surface area contributed by atoms with Crippen molar-refractivity contribution < 1.29 is 9.53 Å². The normalized spacial score (nSPS) is 13.7. The smallest absolute Gasteiger partial charge is 0.263 e. The summed E-state index contributed by atoms with van der Waals surface area (Å²) in [6.07, 6.45) is -0.472. The van der Waals surface area contributed by atoms with Gasteiger partial charge < -0.3 is 15.0 Å². The van der Waals surface area contributed by atoms with Crippen LogP contribution in [0.4, 0.5) is 0 Å². The van der Waals surface area contributed by atoms with Crippen LogP contribution in [0.15, 0.2) is 24.3 Å². The van der Waals surface area contributed by atoms with Crippen molar-refractivity contribution in [2.45, 2.75) is 39.8 Å². The summed E-state index contributed by atoms with van der Waals surface area (Å²) in [5, 5.41) is 3.19. The van der Waals surface area contributed by atoms with Crippen molar-refractivity contribution in [2.75, 3.05) is 20.1 Å². The fourth-order valence-electron chi connectivity index (χ4n) is 2.13. The second kappa shape index (κ2) is 7.90. The molecule has 1 amide bonds. The minimum absolute atomic E-state index is 0.0295. The Hall–Kier alpha value is -1.55. The Morgan fingerprint density at radius 2 is 1.85 bits per heavy atom. The average molecular weight is 278 g/mol. The third-order valence-corrected chi connectivity index (χ3v) is 3.55. The molecule has 0 bridgehead atoms. The van der Waals surface area contributed by atoms with Crippen LogP contribution in [0.5, 0.6) is 5.75 Å². The van der Waals surface area contributed by atoms with Crippen LogP contribution < -0.4 is 10.1 Å². The van der Waals surface area contributed by atoms with Gasteiger partial charge in [-0.25, -0.2) is 0 Å². The van der Waals surface area contributed by atoms with Gasteiger partial charge in [-0.2, -0.15) is 0 Å². The Kier molecular flexibility index (Phi) is 6.52. The van der Waals surface area contributed by atoms with Crippen molar-refractivity contribution in [1.29, 1.82) is 0 Å². The molecule has 112 valence electrons. The van der Waals surface area contributed by atoms with Gasteiger partial charge in [0.2, 0.25) is 0 Å². The molecule has 1 aromatic rings. The van der Waals surface area contributed by atoms with Gasteiger partial charge in [0.05, 0.1) is 0 Å². The molecule has 0 aliphatic rings. The summed E-state index contributed by atoms with van der Waals surface area (Å²) in [5.74, 6) is 0.796. The van der Waals surface area contributed by atoms with Gasteiger partial charge in [-0.3, -0.25) is 4.79 Å². The molecule has 0 saturated heterocycles. The van der Waals surface area contributed by atoms with Crippen molar-refractivity contribution in [3.8, 4) is 5.75 Å². The van der Waals surface area contributed by atoms with E-state index in [9.17, 15) is 4.79 Å². The second-order valence-corrected chi connectivity index (χ2v) is 4.82. The third kappa shape index (κ3) is 3.97. The van der Waals surface area contributed by atoms with E-state index in [4.69, 9.17) is 4.74 Å². The van der Waals surface area contributed by atoms with E-state index >= 15 is 0 Å². The number of ether oxygens (including phenoxy) is 1. The van der Waals surface area contributed by atoms with E-state index in [2.05, 4.69) is 12.2 Å². The van der Waals surface area contributed by atoms with Crippen molar-refractivity contribution >= 4 is 5.91 Å². The summed E-state index contributed by atoms with van der Waals surface area (Å²) in [5.41, 5.74) is 1.06. The first-order valence-electron chi connectivity index (χ1n) is 7.26. The summed E-state index contributed by atoms with van der Waals surface area (Å²) in [7, 11) is 1.91. The van der Waals surface area contributed by atoms with Crippen molar-refractivity contribution in [1.82, 2.24) is 10.2 Å². The number of carbonyl (C=O) groups is 1. The van der Waals surface area contributed by atoms with Gasteiger partial charge in [0.15, 0.2) is 6.10 Å². The molecular weight excluding hydrogens is 252 g/mol. The SMILES string of the molecule is CCN(CC)C(=O)C(C)Oc1ccccc1C(C)NC. The van der Waals surface area contributed by atoms with Crippen molar-refractivity contribution in [3.05, 3.63) is 29.8 Å². The van der Waals surface area contributed by atoms with Gasteiger partial charge in [0.25, 0.3) is 5.91 Å². The first-order chi connectivity index (χ1) is 9.54. The van der Waals surface area contributed by atoms with Gasteiger partial charge in [0.1, 0.15) is 5.75 Å². The lowest BCUT2D eigenvalue weighted by atomic mass is 10.1. The highest BCUT2D eigenvalue weighted by Gasteiger charge is 2.21. The molecule has 0 radical (unpaired) electrons. The van der Waals surface area contributed by atoms with Gasteiger partial charge in [-0.1, -0.05) is 18.2 Å². The third-order valence-electron chi connectivity index (χ3n) is 3.55. The minimum atomic E-state index is -0.472. The van der Waals surface area contributed by atoms with Crippen LogP contribution >= 0.6 is 0 Å². The molecule has 2 atom stereocenters. The highest BCUT2D eigenvalue weighted by molar-refractivity contribution is 5.80. The maximum Gasteiger partial charge on any atom is 0.263 e. The van der Waals surface area contributed by atoms with Crippen LogP contribution in [-0.4, -0.2) is 37.0 Å². The maximum atomic E-state index is 12.2. The van der Waals surface area contributed by atoms with Gasteiger partial charge in [-0.05, 0) is 40.8 Å². The van der Waals surface area contributed by atoms with Crippen LogP contribution in [0.2, 0.25) is 0 Å². The monoisotopic (exact) mass is 278 g/mol. The number of nitrogens with zero attached hydrogens (tertiary/aromatic N) is 1. The van der Waals surface area contributed by atoms with Crippen LogP contribution in [0.1, 0.15) is 39.3 Å². The topological polar surface area (TPSA) is 41.6 Å². The molecule has 1 aromatic carbocycles. The quantitative estimate of drug-likeness (QED) is 0.833. The van der Waals surface area contributed by atoms with Gasteiger partial charge in [-0.15, -0.1) is 0 Å². The lowest BCUT2D eigenvalue weighted by molar-refractivity contribution is -0.137. The average Bonchev–Trinajstić information content (AvgIpc) is 2.48. The fourth-order valence-corrected chi connectivity index (χ4v) is 2.13. The number of benzene rings is 1. The molecule has 4 heteroatoms. The Bertz CT molecular complexity index is 430. The van der Waals surface area contributed by atoms with Crippen molar-refractivity contribution in [3.63, 3.8) is 0 Å². The molecule has 4 nitrogen and oxygen atoms in total. The Balaban J connectivity index is 2.85. The Morgan fingerprint density at radius 1 is 1.25 bits per heavy atom. The van der Waals surface area contributed by atoms with Gasteiger partial charge in [0, 0.05) is 24.7 Å². The summed E-state index contributed by atoms with van der Waals surface area (Å²) < 4.78 is 5.88. The number of nitrogens with one attached hydrogen (secondary N) is 1. The maximum absolute atomic E-state index is 12.2. The summed E-state index contributed by atoms with van der Waals surface area (Å²) in [6.45, 7) is 9.24. The summed E-state index contributed by atoms with van der Waals surface area (Å²) in [4.78, 5) is 14.0. The summed E-state index contributed by atoms with van der Waals surface area (Å²) in [6, 6.07) is 8.02. The van der Waals surface area contributed by atoms with Crippen molar-refractivity contribution in [2.24, 2.45) is 0 Å². The lowest BCUT2D eigenvalue weighted by Gasteiger charge is -2.25. The summed E-state index contributed by atoms with van der Waals surface area (Å²) >= 11 is 0. The fraction of sp³-hybridized carbons (Fsp3) is 0.562. The highest BCUT2D eigenvalue weighted by atomic mass is 16.5. The second-order valence-electron chi connectivity index (χ2n) is 4.82. The zero-order chi connectivity index (χ0) is 15.1. The zero-order valence-corrected chi connectivity index (χ0v) is 13.1. The molecule has 2 unspecified atom stereocenters. The predicted octanol–water partition coefficient (Wildman–Crippen LogP) is 2.60. The largest absolute Gasteiger partial charge is 0.481 e.